The summed E-state index contributed by atoms with van der Waals surface area (Å²) in [5, 5.41) is 12.8. The SMILES string of the molecule is O=C(O)c1cc(Nc2ccccc2F)c2ccccc2n1. The van der Waals surface area contributed by atoms with Gasteiger partial charge in [0.1, 0.15) is 5.82 Å². The molecule has 104 valence electrons. The Balaban J connectivity index is 2.16. The lowest BCUT2D eigenvalue weighted by atomic mass is 10.1. The lowest BCUT2D eigenvalue weighted by Crippen LogP contribution is -2.03. The van der Waals surface area contributed by atoms with Gasteiger partial charge in [-0.25, -0.2) is 14.2 Å². The molecular formula is C16H11FN2O2. The number of carboxylic acids is 1. The Morgan fingerprint density at radius 3 is 2.52 bits per heavy atom. The number of anilines is 2. The number of para-hydroxylation sites is 2. The van der Waals surface area contributed by atoms with Crippen molar-refractivity contribution < 1.29 is 14.3 Å². The first kappa shape index (κ1) is 13.1. The minimum Gasteiger partial charge on any atom is -0.477 e. The van der Waals surface area contributed by atoms with E-state index in [2.05, 4.69) is 10.3 Å². The summed E-state index contributed by atoms with van der Waals surface area (Å²) in [6.45, 7) is 0. The van der Waals surface area contributed by atoms with Gasteiger partial charge < -0.3 is 10.4 Å². The maximum Gasteiger partial charge on any atom is 0.354 e. The number of fused-ring (bicyclic) bond motifs is 1. The zero-order valence-electron chi connectivity index (χ0n) is 10.9. The number of halogens is 1. The first-order chi connectivity index (χ1) is 10.1. The van der Waals surface area contributed by atoms with Crippen LogP contribution in [0.3, 0.4) is 0 Å². The number of nitrogens with zero attached hydrogens (tertiary/aromatic N) is 1. The minimum atomic E-state index is -1.13. The van der Waals surface area contributed by atoms with Gasteiger partial charge in [0.05, 0.1) is 16.9 Å². The summed E-state index contributed by atoms with van der Waals surface area (Å²) in [5.74, 6) is -1.53. The number of rotatable bonds is 3. The highest BCUT2D eigenvalue weighted by atomic mass is 19.1. The second kappa shape index (κ2) is 5.20. The summed E-state index contributed by atoms with van der Waals surface area (Å²) in [7, 11) is 0. The molecule has 0 aliphatic carbocycles. The maximum absolute atomic E-state index is 13.7. The molecule has 4 nitrogen and oxygen atoms in total. The fourth-order valence-electron chi connectivity index (χ4n) is 2.10. The molecule has 1 heterocycles. The third-order valence-corrected chi connectivity index (χ3v) is 3.08. The van der Waals surface area contributed by atoms with Crippen molar-refractivity contribution in [1.29, 1.82) is 0 Å². The molecule has 0 bridgehead atoms. The molecule has 0 radical (unpaired) electrons. The molecule has 0 atom stereocenters. The third kappa shape index (κ3) is 2.53. The molecule has 0 saturated carbocycles. The van der Waals surface area contributed by atoms with Crippen molar-refractivity contribution in [3.05, 3.63) is 66.1 Å². The van der Waals surface area contributed by atoms with Crippen LogP contribution in [-0.2, 0) is 0 Å². The standard InChI is InChI=1S/C16H11FN2O2/c17-11-6-2-4-8-13(11)19-14-9-15(16(20)21)18-12-7-3-1-5-10(12)14/h1-9H,(H,18,19)(H,20,21). The Morgan fingerprint density at radius 1 is 1.05 bits per heavy atom. The number of aromatic carboxylic acids is 1. The molecule has 3 rings (SSSR count). The van der Waals surface area contributed by atoms with Crippen LogP contribution in [0.15, 0.2) is 54.6 Å². The highest BCUT2D eigenvalue weighted by Gasteiger charge is 2.11. The van der Waals surface area contributed by atoms with E-state index in [-0.39, 0.29) is 11.4 Å². The smallest absolute Gasteiger partial charge is 0.354 e. The van der Waals surface area contributed by atoms with Crippen LogP contribution in [0.1, 0.15) is 10.5 Å². The molecule has 0 amide bonds. The van der Waals surface area contributed by atoms with Gasteiger partial charge in [0.2, 0.25) is 0 Å². The van der Waals surface area contributed by atoms with Crippen molar-refractivity contribution in [3.63, 3.8) is 0 Å². The number of nitrogens with one attached hydrogen (secondary N) is 1. The predicted octanol–water partition coefficient (Wildman–Crippen LogP) is 3.82. The summed E-state index contributed by atoms with van der Waals surface area (Å²) in [4.78, 5) is 15.2. The fourth-order valence-corrected chi connectivity index (χ4v) is 2.10. The average Bonchev–Trinajstić information content (AvgIpc) is 2.49. The monoisotopic (exact) mass is 282 g/mol. The van der Waals surface area contributed by atoms with Gasteiger partial charge in [-0.15, -0.1) is 0 Å². The van der Waals surface area contributed by atoms with E-state index in [0.717, 1.165) is 5.39 Å². The van der Waals surface area contributed by atoms with Gasteiger partial charge in [0, 0.05) is 5.39 Å². The molecule has 0 spiro atoms. The van der Waals surface area contributed by atoms with E-state index in [1.54, 1.807) is 36.4 Å². The fraction of sp³-hybridized carbons (Fsp3) is 0. The quantitative estimate of drug-likeness (QED) is 0.766. The zero-order valence-corrected chi connectivity index (χ0v) is 10.9. The Labute approximate surface area is 119 Å². The molecule has 3 aromatic rings. The van der Waals surface area contributed by atoms with E-state index in [4.69, 9.17) is 5.11 Å². The summed E-state index contributed by atoms with van der Waals surface area (Å²) < 4.78 is 13.7. The van der Waals surface area contributed by atoms with Crippen molar-refractivity contribution in [2.75, 3.05) is 5.32 Å². The van der Waals surface area contributed by atoms with E-state index in [1.807, 2.05) is 6.07 Å². The van der Waals surface area contributed by atoms with E-state index in [1.165, 1.54) is 12.1 Å². The number of pyridine rings is 1. The van der Waals surface area contributed by atoms with Gasteiger partial charge >= 0.3 is 5.97 Å². The Morgan fingerprint density at radius 2 is 1.76 bits per heavy atom. The molecule has 0 aliphatic rings. The van der Waals surface area contributed by atoms with Gasteiger partial charge in [0.15, 0.2) is 5.69 Å². The third-order valence-electron chi connectivity index (χ3n) is 3.08. The van der Waals surface area contributed by atoms with E-state index in [9.17, 15) is 9.18 Å². The van der Waals surface area contributed by atoms with Gasteiger partial charge in [0.25, 0.3) is 0 Å². The van der Waals surface area contributed by atoms with Crippen LogP contribution in [-0.4, -0.2) is 16.1 Å². The molecule has 0 unspecified atom stereocenters. The average molecular weight is 282 g/mol. The first-order valence-corrected chi connectivity index (χ1v) is 6.30. The van der Waals surface area contributed by atoms with Crippen LogP contribution in [0, 0.1) is 5.82 Å². The Hall–Kier alpha value is -2.95. The van der Waals surface area contributed by atoms with Crippen molar-refractivity contribution in [2.24, 2.45) is 0 Å². The van der Waals surface area contributed by atoms with Crippen LogP contribution >= 0.6 is 0 Å². The minimum absolute atomic E-state index is 0.0902. The summed E-state index contributed by atoms with van der Waals surface area (Å²) in [6.07, 6.45) is 0. The molecule has 0 fully saturated rings. The van der Waals surface area contributed by atoms with Crippen LogP contribution in [0.2, 0.25) is 0 Å². The number of hydrogen-bond acceptors (Lipinski definition) is 3. The van der Waals surface area contributed by atoms with Crippen molar-refractivity contribution in [2.45, 2.75) is 0 Å². The van der Waals surface area contributed by atoms with E-state index in [0.29, 0.717) is 11.2 Å². The lowest BCUT2D eigenvalue weighted by Gasteiger charge is -2.11. The number of carboxylic acid groups (broad SMARTS) is 1. The molecule has 2 aromatic carbocycles. The number of carbonyl (C=O) groups is 1. The molecular weight excluding hydrogens is 271 g/mol. The highest BCUT2D eigenvalue weighted by Crippen LogP contribution is 2.27. The zero-order chi connectivity index (χ0) is 14.8. The second-order valence-corrected chi connectivity index (χ2v) is 4.48. The van der Waals surface area contributed by atoms with Gasteiger partial charge in [-0.1, -0.05) is 30.3 Å². The van der Waals surface area contributed by atoms with Gasteiger partial charge in [-0.2, -0.15) is 0 Å². The van der Waals surface area contributed by atoms with Crippen LogP contribution < -0.4 is 5.32 Å². The molecule has 5 heteroatoms. The maximum atomic E-state index is 13.7. The Kier molecular flexibility index (Phi) is 3.23. The van der Waals surface area contributed by atoms with Gasteiger partial charge in [-0.3, -0.25) is 0 Å². The van der Waals surface area contributed by atoms with Crippen LogP contribution in [0.25, 0.3) is 10.9 Å². The predicted molar refractivity (Wildman–Crippen MR) is 78.4 cm³/mol. The van der Waals surface area contributed by atoms with E-state index < -0.39 is 11.8 Å². The van der Waals surface area contributed by atoms with Crippen molar-refractivity contribution >= 4 is 28.2 Å². The van der Waals surface area contributed by atoms with Crippen molar-refractivity contribution in [1.82, 2.24) is 4.98 Å². The summed E-state index contributed by atoms with van der Waals surface area (Å²) in [6, 6.07) is 14.7. The highest BCUT2D eigenvalue weighted by molar-refractivity contribution is 5.98. The second-order valence-electron chi connectivity index (χ2n) is 4.48. The molecule has 1 aromatic heterocycles. The Bertz CT molecular complexity index is 833. The largest absolute Gasteiger partial charge is 0.477 e. The first-order valence-electron chi connectivity index (χ1n) is 6.30. The number of hydrogen-bond donors (Lipinski definition) is 2. The molecule has 21 heavy (non-hydrogen) atoms. The van der Waals surface area contributed by atoms with E-state index >= 15 is 0 Å². The lowest BCUT2D eigenvalue weighted by molar-refractivity contribution is 0.0691. The summed E-state index contributed by atoms with van der Waals surface area (Å²) in [5.41, 5.74) is 1.23. The molecule has 0 aliphatic heterocycles. The van der Waals surface area contributed by atoms with Crippen LogP contribution in [0.5, 0.6) is 0 Å². The summed E-state index contributed by atoms with van der Waals surface area (Å²) >= 11 is 0. The van der Waals surface area contributed by atoms with Crippen LogP contribution in [0.4, 0.5) is 15.8 Å². The molecule has 0 saturated heterocycles. The van der Waals surface area contributed by atoms with Crippen molar-refractivity contribution in [3.8, 4) is 0 Å². The molecule has 2 N–H and O–H groups in total. The van der Waals surface area contributed by atoms with Gasteiger partial charge in [-0.05, 0) is 24.3 Å². The number of benzene rings is 2. The normalized spacial score (nSPS) is 10.5. The number of aromatic nitrogens is 1. The topological polar surface area (TPSA) is 62.2 Å².